The second-order valence-electron chi connectivity index (χ2n) is 28.0. The molecule has 12 unspecified atom stereocenters. The number of ether oxygens (including phenoxy) is 12. The van der Waals surface area contributed by atoms with E-state index in [0.717, 1.165) is 105 Å². The molecule has 0 saturated carbocycles. The van der Waals surface area contributed by atoms with Crippen LogP contribution in [0, 0.1) is 0 Å². The summed E-state index contributed by atoms with van der Waals surface area (Å²) in [6, 6.07) is -22.1. The minimum atomic E-state index is -2.03. The van der Waals surface area contributed by atoms with Gasteiger partial charge in [-0.3, -0.25) is 115 Å². The molecule has 0 fully saturated rings. The molecule has 12 amide bonds. The Morgan fingerprint density at radius 2 is 0.323 bits per heavy atom. The molecule has 0 spiro atoms. The van der Waals surface area contributed by atoms with Crippen LogP contribution in [0.3, 0.4) is 0 Å². The summed E-state index contributed by atoms with van der Waals surface area (Å²) in [5.74, 6) is -25.8. The second kappa shape index (κ2) is 64.9. The number of hydrogen-bond acceptors (Lipinski definition) is 37. The van der Waals surface area contributed by atoms with Crippen molar-refractivity contribution < 1.29 is 172 Å². The van der Waals surface area contributed by atoms with Crippen LogP contribution in [0.2, 0.25) is 0 Å². The monoisotopic (exact) mass is 1820 g/mol. The first kappa shape index (κ1) is 114. The molecule has 49 heteroatoms. The molecule has 0 heterocycles. The number of nitrogens with one attached hydrogen (secondary N) is 12. The van der Waals surface area contributed by atoms with Crippen molar-refractivity contribution in [3.63, 3.8) is 0 Å². The van der Waals surface area contributed by atoms with Crippen LogP contribution < -0.4 is 69.5 Å². The summed E-state index contributed by atoms with van der Waals surface area (Å²) in [4.78, 5) is 324. The summed E-state index contributed by atoms with van der Waals surface area (Å²) < 4.78 is 56.8. The first-order chi connectivity index (χ1) is 60.2. The van der Waals surface area contributed by atoms with Gasteiger partial charge in [-0.15, -0.1) is 0 Å². The number of hydrogen-bond donors (Lipinski definition) is 13. The third kappa shape index (κ3) is 48.4. The van der Waals surface area contributed by atoms with Crippen molar-refractivity contribution in [2.45, 2.75) is 259 Å². The molecular formula is C78H123N13O36. The van der Waals surface area contributed by atoms with Gasteiger partial charge in [-0.1, -0.05) is 26.2 Å². The van der Waals surface area contributed by atoms with Crippen LogP contribution in [0.4, 0.5) is 0 Å². The minimum Gasteiger partial charge on any atom is -0.469 e. The normalized spacial score (nSPS) is 13.5. The largest absolute Gasteiger partial charge is 0.469 e. The van der Waals surface area contributed by atoms with Crippen molar-refractivity contribution >= 4 is 143 Å². The highest BCUT2D eigenvalue weighted by Crippen LogP contribution is 2.16. The van der Waals surface area contributed by atoms with E-state index in [0.29, 0.717) is 6.42 Å². The second-order valence-corrected chi connectivity index (χ2v) is 28.0. The number of esters is 12. The third-order valence-electron chi connectivity index (χ3n) is 19.0. The number of methoxy groups -OCH3 is 12. The molecule has 716 valence electrons. The van der Waals surface area contributed by atoms with Gasteiger partial charge in [0.1, 0.15) is 66.5 Å². The number of carbonyl (C=O) groups excluding carboxylic acids is 24. The molecule has 0 bridgehead atoms. The Morgan fingerprint density at radius 3 is 0.465 bits per heavy atom. The summed E-state index contributed by atoms with van der Waals surface area (Å²) in [5, 5.41) is 28.4. The highest BCUT2D eigenvalue weighted by molar-refractivity contribution is 6.01. The number of carbonyl (C=O) groups is 24. The van der Waals surface area contributed by atoms with Gasteiger partial charge in [0.05, 0.1) is 91.4 Å². The Hall–Kier alpha value is -12.8. The van der Waals surface area contributed by atoms with E-state index in [1.54, 1.807) is 0 Å². The van der Waals surface area contributed by atoms with Crippen LogP contribution >= 0.6 is 0 Å². The maximum Gasteiger partial charge on any atom is 0.305 e. The molecule has 14 N–H and O–H groups in total. The molecule has 0 aliphatic rings. The lowest BCUT2D eigenvalue weighted by Gasteiger charge is -2.28. The fourth-order valence-corrected chi connectivity index (χ4v) is 11.4. The van der Waals surface area contributed by atoms with E-state index in [4.69, 9.17) is 53.1 Å². The molecule has 0 aromatic rings. The van der Waals surface area contributed by atoms with Gasteiger partial charge in [0, 0.05) is 83.6 Å². The average molecular weight is 1820 g/mol. The van der Waals surface area contributed by atoms with Crippen LogP contribution in [0.5, 0.6) is 0 Å². The van der Waals surface area contributed by atoms with Gasteiger partial charge in [-0.2, -0.15) is 0 Å². The maximum atomic E-state index is 14.8. The van der Waals surface area contributed by atoms with E-state index in [1.807, 2.05) is 6.92 Å². The molecule has 0 saturated heterocycles. The third-order valence-corrected chi connectivity index (χ3v) is 19.0. The van der Waals surface area contributed by atoms with Crippen molar-refractivity contribution in [3.05, 3.63) is 0 Å². The number of unbranched alkanes of at least 4 members (excludes halogenated alkanes) is 3. The van der Waals surface area contributed by atoms with Crippen molar-refractivity contribution in [1.82, 2.24) is 63.8 Å². The molecule has 0 aromatic heterocycles. The molecule has 0 aliphatic carbocycles. The highest BCUT2D eigenvalue weighted by atomic mass is 16.6. The summed E-state index contributed by atoms with van der Waals surface area (Å²) in [6.07, 6.45) is -11.4. The van der Waals surface area contributed by atoms with Crippen molar-refractivity contribution in [3.8, 4) is 0 Å². The molecule has 49 nitrogen and oxygen atoms in total. The van der Waals surface area contributed by atoms with Gasteiger partial charge in [-0.25, -0.2) is 0 Å². The molecule has 0 rings (SSSR count). The SMILES string of the molecule is CCCCCCNC(=O)C(CCC(=O)OC)NC(=O)C(CCC(=O)OC)NC(=O)C(CCC(=O)OC)NC(=O)C(CCC(=O)OC)NC(=O)C(CCC(=O)OC)NC(=O)C(CCC(=O)OC)NC(=O)C(CCC(=O)OC)NC(=O)C(CCC(=O)OC)NC(=O)C(CCC(=O)OC)NC(=O)C(CCC(=O)OC)NC(=O)C(CCC(=O)OC)NC(=O)C(N)CCC(=O)OC. The molecule has 12 atom stereocenters. The van der Waals surface area contributed by atoms with Crippen LogP contribution in [0.25, 0.3) is 0 Å². The Bertz CT molecular complexity index is 3700. The summed E-state index contributed by atoms with van der Waals surface area (Å²) in [7, 11) is 12.0. The topological polar surface area (TPSA) is 691 Å². The highest BCUT2D eigenvalue weighted by Gasteiger charge is 2.39. The zero-order chi connectivity index (χ0) is 96.3. The molecule has 0 aliphatic heterocycles. The van der Waals surface area contributed by atoms with Gasteiger partial charge in [0.25, 0.3) is 0 Å². The Morgan fingerprint density at radius 1 is 0.189 bits per heavy atom. The minimum absolute atomic E-state index is 0.175. The number of nitrogens with two attached hydrogens (primary N) is 1. The van der Waals surface area contributed by atoms with Crippen LogP contribution in [-0.2, 0) is 172 Å². The number of amides is 12. The zero-order valence-electron chi connectivity index (χ0n) is 73.7. The average Bonchev–Trinajstić information content (AvgIpc) is 0.859. The Balaban J connectivity index is 8.09. The predicted molar refractivity (Wildman–Crippen MR) is 431 cm³/mol. The number of rotatable bonds is 64. The van der Waals surface area contributed by atoms with E-state index in [9.17, 15) is 115 Å². The predicted octanol–water partition coefficient (Wildman–Crippen LogP) is -5.22. The zero-order valence-corrected chi connectivity index (χ0v) is 73.7. The summed E-state index contributed by atoms with van der Waals surface area (Å²) in [6.45, 7) is 2.15. The smallest absolute Gasteiger partial charge is 0.305 e. The first-order valence-corrected chi connectivity index (χ1v) is 40.4. The van der Waals surface area contributed by atoms with E-state index in [2.05, 4.69) is 73.3 Å². The lowest BCUT2D eigenvalue weighted by atomic mass is 10.0. The van der Waals surface area contributed by atoms with Gasteiger partial charge in [-0.05, 0) is 83.5 Å². The fourth-order valence-electron chi connectivity index (χ4n) is 11.4. The standard InChI is InChI=1S/C78H123N13O36/c1-14-15-16-17-42-80-68(105)44(19-31-56(93)117-3)82-70(107)46(21-33-58(95)119-5)84-72(109)48(23-35-60(97)121-7)86-74(111)50(25-37-62(99)123-9)88-76(113)52(27-39-64(101)125-11)90-78(115)54(29-41-66(103)127-13)91-77(114)53(28-40-65(102)126-12)89-75(112)51(26-38-63(100)124-10)87-73(110)49(24-36-61(98)122-8)85-71(108)47(22-34-59(96)120-6)83-69(106)45(20-32-57(94)118-4)81-67(104)43(79)18-30-55(92)116-2/h43-54H,14-42,79H2,1-13H3,(H,80,105)(H,81,104)(H,82,107)(H,83,106)(H,84,109)(H,85,108)(H,86,111)(H,87,110)(H,88,113)(H,89,112)(H,90,115)(H,91,114). The Kier molecular flexibility index (Phi) is 58.4. The molecular weight excluding hydrogens is 1690 g/mol. The van der Waals surface area contributed by atoms with Crippen LogP contribution in [0.1, 0.15) is 187 Å². The van der Waals surface area contributed by atoms with Crippen LogP contribution in [0.15, 0.2) is 0 Å². The maximum absolute atomic E-state index is 14.8. The summed E-state index contributed by atoms with van der Waals surface area (Å²) in [5.41, 5.74) is 5.98. The Labute approximate surface area is 732 Å². The quantitative estimate of drug-likeness (QED) is 0.0154. The van der Waals surface area contributed by atoms with Crippen molar-refractivity contribution in [2.24, 2.45) is 5.73 Å². The lowest BCUT2D eigenvalue weighted by Crippen LogP contribution is -2.61. The van der Waals surface area contributed by atoms with Gasteiger partial charge in [0.15, 0.2) is 0 Å². The molecule has 127 heavy (non-hydrogen) atoms. The van der Waals surface area contributed by atoms with Crippen LogP contribution in [-0.4, -0.2) is 307 Å². The first-order valence-electron chi connectivity index (χ1n) is 40.4. The molecule has 0 radical (unpaired) electrons. The summed E-state index contributed by atoms with van der Waals surface area (Å²) >= 11 is 0. The van der Waals surface area contributed by atoms with Crippen molar-refractivity contribution in [1.29, 1.82) is 0 Å². The van der Waals surface area contributed by atoms with E-state index in [1.165, 1.54) is 0 Å². The van der Waals surface area contributed by atoms with Crippen molar-refractivity contribution in [2.75, 3.05) is 91.9 Å². The van der Waals surface area contributed by atoms with E-state index < -0.39 is 343 Å². The van der Waals surface area contributed by atoms with E-state index in [-0.39, 0.29) is 32.2 Å². The van der Waals surface area contributed by atoms with E-state index >= 15 is 0 Å². The van der Waals surface area contributed by atoms with Gasteiger partial charge >= 0.3 is 71.6 Å². The van der Waals surface area contributed by atoms with Gasteiger partial charge in [0.2, 0.25) is 70.9 Å². The fraction of sp³-hybridized carbons (Fsp3) is 0.692. The lowest BCUT2D eigenvalue weighted by molar-refractivity contribution is -0.143. The molecule has 0 aromatic carbocycles. The van der Waals surface area contributed by atoms with Gasteiger partial charge < -0.3 is 126 Å².